The summed E-state index contributed by atoms with van der Waals surface area (Å²) >= 11 is 0. The van der Waals surface area contributed by atoms with Crippen LogP contribution in [-0.4, -0.2) is 25.5 Å². The highest BCUT2D eigenvalue weighted by Gasteiger charge is 2.22. The van der Waals surface area contributed by atoms with E-state index in [9.17, 15) is 9.59 Å². The summed E-state index contributed by atoms with van der Waals surface area (Å²) in [6.07, 6.45) is 1.31. The number of carbonyl (C=O) groups excluding carboxylic acids is 2. The van der Waals surface area contributed by atoms with Gasteiger partial charge in [-0.05, 0) is 18.6 Å². The largest absolute Gasteiger partial charge is 0.481 e. The number of rotatable bonds is 3. The van der Waals surface area contributed by atoms with Crippen LogP contribution >= 0.6 is 0 Å². The quantitative estimate of drug-likeness (QED) is 0.887. The van der Waals surface area contributed by atoms with Crippen molar-refractivity contribution < 1.29 is 14.3 Å². The van der Waals surface area contributed by atoms with Crippen LogP contribution in [0.4, 0.5) is 11.4 Å². The molecule has 2 rings (SSSR count). The average Bonchev–Trinajstić information content (AvgIpc) is 2.34. The molecule has 5 nitrogen and oxygen atoms in total. The third-order valence-corrected chi connectivity index (χ3v) is 2.81. The summed E-state index contributed by atoms with van der Waals surface area (Å²) in [5.74, 6) is 0.523. The molecule has 0 spiro atoms. The highest BCUT2D eigenvalue weighted by molar-refractivity contribution is 5.98. The summed E-state index contributed by atoms with van der Waals surface area (Å²) in [7, 11) is 1.71. The molecule has 0 aromatic heterocycles. The number of nitrogens with one attached hydrogen (secondary N) is 1. The van der Waals surface area contributed by atoms with Crippen molar-refractivity contribution in [1.82, 2.24) is 0 Å². The van der Waals surface area contributed by atoms with Crippen LogP contribution in [0, 0.1) is 0 Å². The molecule has 0 saturated heterocycles. The lowest BCUT2D eigenvalue weighted by atomic mass is 10.2. The molecule has 5 heteroatoms. The second kappa shape index (κ2) is 5.08. The minimum atomic E-state index is -0.0785. The van der Waals surface area contributed by atoms with Crippen molar-refractivity contribution in [3.8, 4) is 5.75 Å². The molecule has 1 aliphatic rings. The Bertz CT molecular complexity index is 485. The van der Waals surface area contributed by atoms with E-state index in [0.717, 1.165) is 12.1 Å². The maximum absolute atomic E-state index is 11.5. The molecule has 1 heterocycles. The fourth-order valence-electron chi connectivity index (χ4n) is 1.81. The molecule has 0 radical (unpaired) electrons. The molecule has 0 saturated carbocycles. The van der Waals surface area contributed by atoms with Gasteiger partial charge in [-0.1, -0.05) is 6.92 Å². The van der Waals surface area contributed by atoms with Crippen molar-refractivity contribution in [1.29, 1.82) is 0 Å². The van der Waals surface area contributed by atoms with E-state index in [1.54, 1.807) is 30.1 Å². The van der Waals surface area contributed by atoms with Crippen LogP contribution in [0.25, 0.3) is 0 Å². The number of carbonyl (C=O) groups is 2. The van der Waals surface area contributed by atoms with Gasteiger partial charge < -0.3 is 15.0 Å². The Labute approximate surface area is 106 Å². The molecule has 1 aromatic rings. The number of hydrogen-bond donors (Lipinski definition) is 1. The molecule has 0 atom stereocenters. The number of nitrogens with zero attached hydrogens (tertiary/aromatic N) is 1. The van der Waals surface area contributed by atoms with E-state index in [1.807, 2.05) is 6.92 Å². The molecule has 0 fully saturated rings. The van der Waals surface area contributed by atoms with Gasteiger partial charge in [0.25, 0.3) is 5.91 Å². The normalized spacial score (nSPS) is 13.9. The van der Waals surface area contributed by atoms with E-state index in [2.05, 4.69) is 5.32 Å². The van der Waals surface area contributed by atoms with Crippen molar-refractivity contribution in [3.63, 3.8) is 0 Å². The van der Waals surface area contributed by atoms with E-state index in [4.69, 9.17) is 4.74 Å². The van der Waals surface area contributed by atoms with Crippen molar-refractivity contribution in [2.24, 2.45) is 0 Å². The number of anilines is 2. The number of hydrogen-bond acceptors (Lipinski definition) is 3. The SMILES string of the molecule is CCCC(=O)Nc1ccc2c(c1)OCC(=O)N2C. The van der Waals surface area contributed by atoms with E-state index in [-0.39, 0.29) is 18.4 Å². The van der Waals surface area contributed by atoms with Crippen molar-refractivity contribution in [2.75, 3.05) is 23.9 Å². The summed E-state index contributed by atoms with van der Waals surface area (Å²) in [5.41, 5.74) is 1.41. The zero-order chi connectivity index (χ0) is 13.1. The highest BCUT2D eigenvalue weighted by atomic mass is 16.5. The lowest BCUT2D eigenvalue weighted by Crippen LogP contribution is -2.35. The van der Waals surface area contributed by atoms with Crippen LogP contribution in [0.2, 0.25) is 0 Å². The highest BCUT2D eigenvalue weighted by Crippen LogP contribution is 2.33. The van der Waals surface area contributed by atoms with Gasteiger partial charge in [-0.25, -0.2) is 0 Å². The second-order valence-corrected chi connectivity index (χ2v) is 4.22. The third-order valence-electron chi connectivity index (χ3n) is 2.81. The Hall–Kier alpha value is -2.04. The first-order valence-corrected chi connectivity index (χ1v) is 5.95. The molecule has 1 aromatic carbocycles. The lowest BCUT2D eigenvalue weighted by molar-refractivity contribution is -0.121. The minimum absolute atomic E-state index is 0.0160. The topological polar surface area (TPSA) is 58.6 Å². The van der Waals surface area contributed by atoms with Crippen LogP contribution < -0.4 is 15.0 Å². The first kappa shape index (κ1) is 12.4. The fourth-order valence-corrected chi connectivity index (χ4v) is 1.81. The van der Waals surface area contributed by atoms with Crippen LogP contribution in [0.15, 0.2) is 18.2 Å². The molecule has 1 N–H and O–H groups in total. The van der Waals surface area contributed by atoms with E-state index < -0.39 is 0 Å². The molecular weight excluding hydrogens is 232 g/mol. The van der Waals surface area contributed by atoms with E-state index >= 15 is 0 Å². The van der Waals surface area contributed by atoms with Crippen LogP contribution in [0.1, 0.15) is 19.8 Å². The predicted molar refractivity (Wildman–Crippen MR) is 68.9 cm³/mol. The second-order valence-electron chi connectivity index (χ2n) is 4.22. The van der Waals surface area contributed by atoms with Gasteiger partial charge in [0.05, 0.1) is 5.69 Å². The lowest BCUT2D eigenvalue weighted by Gasteiger charge is -2.26. The van der Waals surface area contributed by atoms with Crippen molar-refractivity contribution in [2.45, 2.75) is 19.8 Å². The van der Waals surface area contributed by atoms with Crippen LogP contribution in [0.5, 0.6) is 5.75 Å². The fraction of sp³-hybridized carbons (Fsp3) is 0.385. The molecule has 96 valence electrons. The third kappa shape index (κ3) is 2.45. The Morgan fingerprint density at radius 1 is 1.50 bits per heavy atom. The number of fused-ring (bicyclic) bond motifs is 1. The zero-order valence-corrected chi connectivity index (χ0v) is 10.5. The van der Waals surface area contributed by atoms with Crippen molar-refractivity contribution in [3.05, 3.63) is 18.2 Å². The van der Waals surface area contributed by atoms with Gasteiger partial charge in [0.15, 0.2) is 6.61 Å². The first-order valence-electron chi connectivity index (χ1n) is 5.95. The average molecular weight is 248 g/mol. The molecule has 0 bridgehead atoms. The summed E-state index contributed by atoms with van der Waals surface area (Å²) in [4.78, 5) is 24.5. The van der Waals surface area contributed by atoms with Crippen molar-refractivity contribution >= 4 is 23.2 Å². The standard InChI is InChI=1S/C13H16N2O3/c1-3-4-12(16)14-9-5-6-10-11(7-9)18-8-13(17)15(10)2/h5-7H,3-4,8H2,1-2H3,(H,14,16). The van der Waals surface area contributed by atoms with Gasteiger partial charge >= 0.3 is 0 Å². The van der Waals surface area contributed by atoms with Gasteiger partial charge in [0, 0.05) is 25.2 Å². The molecule has 0 aliphatic carbocycles. The Kier molecular flexibility index (Phi) is 3.50. The molecule has 18 heavy (non-hydrogen) atoms. The van der Waals surface area contributed by atoms with Gasteiger partial charge in [-0.15, -0.1) is 0 Å². The summed E-state index contributed by atoms with van der Waals surface area (Å²) in [6.45, 7) is 1.99. The summed E-state index contributed by atoms with van der Waals surface area (Å²) < 4.78 is 5.35. The minimum Gasteiger partial charge on any atom is -0.481 e. The van der Waals surface area contributed by atoms with Gasteiger partial charge in [0.1, 0.15) is 5.75 Å². The predicted octanol–water partition coefficient (Wildman–Crippen LogP) is 1.78. The van der Waals surface area contributed by atoms with Crippen LogP contribution in [0.3, 0.4) is 0 Å². The zero-order valence-electron chi connectivity index (χ0n) is 10.5. The first-order chi connectivity index (χ1) is 8.61. The molecule has 1 aliphatic heterocycles. The number of likely N-dealkylation sites (N-methyl/N-ethyl adjacent to an activating group) is 1. The smallest absolute Gasteiger partial charge is 0.264 e. The molecule has 2 amide bonds. The number of amides is 2. The number of benzene rings is 1. The molecule has 0 unspecified atom stereocenters. The van der Waals surface area contributed by atoms with E-state index in [0.29, 0.717) is 17.9 Å². The maximum Gasteiger partial charge on any atom is 0.264 e. The summed E-state index contributed by atoms with van der Waals surface area (Å²) in [6, 6.07) is 5.28. The monoisotopic (exact) mass is 248 g/mol. The van der Waals surface area contributed by atoms with E-state index in [1.165, 1.54) is 0 Å². The Morgan fingerprint density at radius 3 is 3.00 bits per heavy atom. The number of ether oxygens (including phenoxy) is 1. The maximum atomic E-state index is 11.5. The van der Waals surface area contributed by atoms with Gasteiger partial charge in [-0.3, -0.25) is 9.59 Å². The summed E-state index contributed by atoms with van der Waals surface area (Å²) in [5, 5.41) is 2.80. The van der Waals surface area contributed by atoms with Crippen LogP contribution in [-0.2, 0) is 9.59 Å². The Balaban J connectivity index is 2.18. The molecular formula is C13H16N2O3. The van der Waals surface area contributed by atoms with Gasteiger partial charge in [0.2, 0.25) is 5.91 Å². The van der Waals surface area contributed by atoms with Gasteiger partial charge in [-0.2, -0.15) is 0 Å². The Morgan fingerprint density at radius 2 is 2.28 bits per heavy atom.